The monoisotopic (exact) mass is 247 g/mol. The molecule has 1 aromatic carbocycles. The molecule has 1 N–H and O–H groups in total. The molecule has 0 atom stereocenters. The lowest BCUT2D eigenvalue weighted by Gasteiger charge is -2.19. The highest BCUT2D eigenvalue weighted by Crippen LogP contribution is 2.40. The van der Waals surface area contributed by atoms with Gasteiger partial charge in [-0.2, -0.15) is 0 Å². The van der Waals surface area contributed by atoms with Crippen LogP contribution in [0.1, 0.15) is 43.2 Å². The number of nitrogens with zero attached hydrogens (tertiary/aromatic N) is 1. The molecule has 0 amide bonds. The quantitative estimate of drug-likeness (QED) is 0.805. The van der Waals surface area contributed by atoms with Crippen molar-refractivity contribution in [3.05, 3.63) is 35.4 Å². The normalized spacial score (nSPS) is 15.0. The Morgan fingerprint density at radius 3 is 2.83 bits per heavy atom. The van der Waals surface area contributed by atoms with Crippen LogP contribution in [0.3, 0.4) is 0 Å². The molecule has 98 valence electrons. The highest BCUT2D eigenvalue weighted by Gasteiger charge is 2.23. The number of benzene rings is 1. The minimum Gasteiger partial charge on any atom is -0.481 e. The van der Waals surface area contributed by atoms with Gasteiger partial charge in [0.2, 0.25) is 0 Å². The minimum absolute atomic E-state index is 0.218. The Balaban J connectivity index is 1.93. The van der Waals surface area contributed by atoms with Crippen LogP contribution in [0.15, 0.2) is 24.3 Å². The van der Waals surface area contributed by atoms with E-state index in [1.807, 2.05) is 0 Å². The lowest BCUT2D eigenvalue weighted by Crippen LogP contribution is -2.25. The van der Waals surface area contributed by atoms with E-state index in [0.717, 1.165) is 19.0 Å². The van der Waals surface area contributed by atoms with Crippen molar-refractivity contribution in [1.82, 2.24) is 4.90 Å². The number of carbonyl (C=O) groups is 1. The van der Waals surface area contributed by atoms with E-state index in [4.69, 9.17) is 5.11 Å². The highest BCUT2D eigenvalue weighted by atomic mass is 16.4. The van der Waals surface area contributed by atoms with Crippen molar-refractivity contribution in [2.45, 2.75) is 38.6 Å². The molecule has 0 radical (unpaired) electrons. The van der Waals surface area contributed by atoms with Crippen molar-refractivity contribution in [3.8, 4) is 0 Å². The Morgan fingerprint density at radius 1 is 1.44 bits per heavy atom. The standard InChI is InChI=1S/C15H21NO2/c1-2-16(9-8-15(17)18)11-12-4-3-5-14(10-12)13-6-7-13/h3-5,10,13H,2,6-9,11H2,1H3,(H,17,18). The molecule has 1 saturated carbocycles. The Labute approximate surface area is 108 Å². The zero-order valence-corrected chi connectivity index (χ0v) is 10.9. The van der Waals surface area contributed by atoms with Crippen LogP contribution >= 0.6 is 0 Å². The van der Waals surface area contributed by atoms with Gasteiger partial charge >= 0.3 is 5.97 Å². The molecule has 0 saturated heterocycles. The van der Waals surface area contributed by atoms with E-state index in [2.05, 4.69) is 36.1 Å². The van der Waals surface area contributed by atoms with E-state index in [1.165, 1.54) is 24.0 Å². The van der Waals surface area contributed by atoms with Gasteiger partial charge in [0, 0.05) is 13.1 Å². The zero-order chi connectivity index (χ0) is 13.0. The molecule has 18 heavy (non-hydrogen) atoms. The van der Waals surface area contributed by atoms with Crippen LogP contribution < -0.4 is 0 Å². The topological polar surface area (TPSA) is 40.5 Å². The van der Waals surface area contributed by atoms with Crippen LogP contribution in [0.5, 0.6) is 0 Å². The van der Waals surface area contributed by atoms with Crippen molar-refractivity contribution in [2.75, 3.05) is 13.1 Å². The molecule has 2 rings (SSSR count). The number of carboxylic acid groups (broad SMARTS) is 1. The Kier molecular flexibility index (Phi) is 4.37. The second-order valence-electron chi connectivity index (χ2n) is 5.03. The molecule has 0 unspecified atom stereocenters. The number of aliphatic carboxylic acids is 1. The van der Waals surface area contributed by atoms with Crippen molar-refractivity contribution >= 4 is 5.97 Å². The second kappa shape index (κ2) is 6.01. The Hall–Kier alpha value is -1.35. The maximum Gasteiger partial charge on any atom is 0.304 e. The molecule has 0 bridgehead atoms. The third kappa shape index (κ3) is 3.84. The van der Waals surface area contributed by atoms with Crippen LogP contribution in [0.25, 0.3) is 0 Å². The first-order valence-electron chi connectivity index (χ1n) is 6.72. The van der Waals surface area contributed by atoms with Gasteiger partial charge in [0.1, 0.15) is 0 Å². The summed E-state index contributed by atoms with van der Waals surface area (Å²) in [6.07, 6.45) is 2.86. The Bertz CT molecular complexity index is 413. The molecule has 3 heteroatoms. The summed E-state index contributed by atoms with van der Waals surface area (Å²) < 4.78 is 0. The zero-order valence-electron chi connectivity index (χ0n) is 10.9. The van der Waals surface area contributed by atoms with Gasteiger partial charge < -0.3 is 5.11 Å². The van der Waals surface area contributed by atoms with Crippen LogP contribution in [0, 0.1) is 0 Å². The molecule has 1 fully saturated rings. The lowest BCUT2D eigenvalue weighted by atomic mass is 10.1. The fourth-order valence-electron chi connectivity index (χ4n) is 2.22. The summed E-state index contributed by atoms with van der Waals surface area (Å²) in [5.41, 5.74) is 2.74. The predicted octanol–water partition coefficient (Wildman–Crippen LogP) is 2.86. The van der Waals surface area contributed by atoms with Gasteiger partial charge in [-0.15, -0.1) is 0 Å². The summed E-state index contributed by atoms with van der Waals surface area (Å²) in [7, 11) is 0. The van der Waals surface area contributed by atoms with E-state index in [0.29, 0.717) is 6.54 Å². The molecule has 0 aromatic heterocycles. The van der Waals surface area contributed by atoms with E-state index in [9.17, 15) is 4.79 Å². The average molecular weight is 247 g/mol. The van der Waals surface area contributed by atoms with E-state index < -0.39 is 5.97 Å². The summed E-state index contributed by atoms with van der Waals surface area (Å²) >= 11 is 0. The molecule has 1 aliphatic carbocycles. The summed E-state index contributed by atoms with van der Waals surface area (Å²) in [4.78, 5) is 12.8. The molecule has 0 aliphatic heterocycles. The first-order valence-corrected chi connectivity index (χ1v) is 6.72. The van der Waals surface area contributed by atoms with Gasteiger partial charge in [0.05, 0.1) is 6.42 Å². The number of rotatable bonds is 7. The summed E-state index contributed by atoms with van der Waals surface area (Å²) in [6.45, 7) is 4.44. The van der Waals surface area contributed by atoms with Crippen molar-refractivity contribution in [2.24, 2.45) is 0 Å². The third-order valence-corrected chi connectivity index (χ3v) is 3.50. The van der Waals surface area contributed by atoms with E-state index in [-0.39, 0.29) is 6.42 Å². The maximum absolute atomic E-state index is 10.6. The van der Waals surface area contributed by atoms with Crippen molar-refractivity contribution < 1.29 is 9.90 Å². The number of carboxylic acids is 1. The number of hydrogen-bond donors (Lipinski definition) is 1. The van der Waals surface area contributed by atoms with Crippen molar-refractivity contribution in [3.63, 3.8) is 0 Å². The summed E-state index contributed by atoms with van der Waals surface area (Å²) in [5.74, 6) is 0.0548. The van der Waals surface area contributed by atoms with E-state index in [1.54, 1.807) is 0 Å². The first-order chi connectivity index (χ1) is 8.69. The summed E-state index contributed by atoms with van der Waals surface area (Å²) in [5, 5.41) is 8.72. The van der Waals surface area contributed by atoms with Crippen LogP contribution in [0.2, 0.25) is 0 Å². The number of hydrogen-bond acceptors (Lipinski definition) is 2. The molecule has 0 heterocycles. The third-order valence-electron chi connectivity index (χ3n) is 3.50. The molecular weight excluding hydrogens is 226 g/mol. The van der Waals surface area contributed by atoms with Gasteiger partial charge in [-0.25, -0.2) is 0 Å². The van der Waals surface area contributed by atoms with Gasteiger partial charge in [0.15, 0.2) is 0 Å². The molecule has 1 aliphatic rings. The molecule has 1 aromatic rings. The SMILES string of the molecule is CCN(CCC(=O)O)Cc1cccc(C2CC2)c1. The first kappa shape index (κ1) is 13.1. The fourth-order valence-corrected chi connectivity index (χ4v) is 2.22. The van der Waals surface area contributed by atoms with Crippen LogP contribution in [-0.4, -0.2) is 29.1 Å². The van der Waals surface area contributed by atoms with Gasteiger partial charge in [-0.1, -0.05) is 31.2 Å². The van der Waals surface area contributed by atoms with Crippen LogP contribution in [-0.2, 0) is 11.3 Å². The largest absolute Gasteiger partial charge is 0.481 e. The Morgan fingerprint density at radius 2 is 2.22 bits per heavy atom. The highest BCUT2D eigenvalue weighted by molar-refractivity contribution is 5.66. The molecule has 0 spiro atoms. The lowest BCUT2D eigenvalue weighted by molar-refractivity contribution is -0.137. The minimum atomic E-state index is -0.722. The second-order valence-corrected chi connectivity index (χ2v) is 5.03. The predicted molar refractivity (Wildman–Crippen MR) is 71.6 cm³/mol. The smallest absolute Gasteiger partial charge is 0.304 e. The van der Waals surface area contributed by atoms with Crippen molar-refractivity contribution in [1.29, 1.82) is 0 Å². The fraction of sp³-hybridized carbons (Fsp3) is 0.533. The van der Waals surface area contributed by atoms with Gasteiger partial charge in [-0.05, 0) is 36.4 Å². The molecular formula is C15H21NO2. The molecule has 3 nitrogen and oxygen atoms in total. The van der Waals surface area contributed by atoms with E-state index >= 15 is 0 Å². The van der Waals surface area contributed by atoms with Gasteiger partial charge in [0.25, 0.3) is 0 Å². The maximum atomic E-state index is 10.6. The average Bonchev–Trinajstić information content (AvgIpc) is 3.19. The summed E-state index contributed by atoms with van der Waals surface area (Å²) in [6, 6.07) is 8.74. The van der Waals surface area contributed by atoms with Crippen LogP contribution in [0.4, 0.5) is 0 Å². The van der Waals surface area contributed by atoms with Gasteiger partial charge in [-0.3, -0.25) is 9.69 Å².